The van der Waals surface area contributed by atoms with Crippen LogP contribution in [0.1, 0.15) is 18.4 Å². The fourth-order valence-electron chi connectivity index (χ4n) is 2.36. The fourth-order valence-corrected chi connectivity index (χ4v) is 3.60. The largest absolute Gasteiger partial charge is 0.315 e. The molecule has 3 rings (SSSR count). The van der Waals surface area contributed by atoms with Crippen molar-refractivity contribution >= 4 is 15.9 Å². The van der Waals surface area contributed by atoms with Gasteiger partial charge in [-0.2, -0.15) is 0 Å². The van der Waals surface area contributed by atoms with Crippen LogP contribution in [0.2, 0.25) is 0 Å². The molecule has 1 fully saturated rings. The zero-order valence-electron chi connectivity index (χ0n) is 9.89. The summed E-state index contributed by atoms with van der Waals surface area (Å²) in [6.45, 7) is 1.83. The first kappa shape index (κ1) is 11.7. The topological polar surface area (TPSA) is 70.6 Å². The second-order valence-corrected chi connectivity index (χ2v) is 6.23. The van der Waals surface area contributed by atoms with Crippen molar-refractivity contribution in [1.29, 1.82) is 0 Å². The van der Waals surface area contributed by atoms with Crippen LogP contribution in [0.4, 0.5) is 0 Å². The maximum absolute atomic E-state index is 11.9. The van der Waals surface area contributed by atoms with E-state index in [0.717, 1.165) is 25.9 Å². The molecule has 0 spiro atoms. The first-order chi connectivity index (χ1) is 8.67. The monoisotopic (exact) mass is 265 g/mol. The highest BCUT2D eigenvalue weighted by molar-refractivity contribution is 7.90. The number of piperidine rings is 1. The van der Waals surface area contributed by atoms with Gasteiger partial charge in [0.1, 0.15) is 5.84 Å². The third kappa shape index (κ3) is 2.02. The Hall–Kier alpha value is -1.40. The van der Waals surface area contributed by atoms with E-state index in [1.54, 1.807) is 18.2 Å². The van der Waals surface area contributed by atoms with Crippen LogP contribution in [0.25, 0.3) is 0 Å². The van der Waals surface area contributed by atoms with E-state index in [4.69, 9.17) is 0 Å². The Morgan fingerprint density at radius 3 is 2.89 bits per heavy atom. The van der Waals surface area contributed by atoms with Gasteiger partial charge in [-0.15, -0.1) is 0 Å². The molecule has 1 aromatic carbocycles. The number of rotatable bonds is 1. The first-order valence-corrected chi connectivity index (χ1v) is 7.56. The van der Waals surface area contributed by atoms with Gasteiger partial charge in [0.25, 0.3) is 10.0 Å². The predicted octanol–water partition coefficient (Wildman–Crippen LogP) is 0.477. The summed E-state index contributed by atoms with van der Waals surface area (Å²) in [4.78, 5) is 4.86. The molecule has 18 heavy (non-hydrogen) atoms. The van der Waals surface area contributed by atoms with Gasteiger partial charge in [-0.05, 0) is 31.5 Å². The van der Waals surface area contributed by atoms with Gasteiger partial charge in [-0.1, -0.05) is 12.1 Å². The summed E-state index contributed by atoms with van der Waals surface area (Å²) < 4.78 is 26.3. The Bertz CT molecular complexity index is 589. The van der Waals surface area contributed by atoms with Crippen LogP contribution in [-0.2, 0) is 10.0 Å². The lowest BCUT2D eigenvalue weighted by Crippen LogP contribution is -2.34. The molecule has 2 aliphatic heterocycles. The molecule has 0 bridgehead atoms. The number of benzene rings is 1. The molecule has 0 amide bonds. The molecule has 0 saturated carbocycles. The first-order valence-electron chi connectivity index (χ1n) is 6.07. The van der Waals surface area contributed by atoms with Crippen LogP contribution in [0, 0.1) is 0 Å². The standard InChI is InChI=1S/C12H15N3O2S/c16-18(17)11-6-2-1-5-10(11)12(15-18)14-9-4-3-7-13-8-9/h1-2,5-6,9,13H,3-4,7-8H2,(H,14,15)/t9-/m1/s1. The number of sulfonamides is 1. The molecule has 1 saturated heterocycles. The normalized spacial score (nSPS) is 27.8. The zero-order valence-corrected chi connectivity index (χ0v) is 10.7. The quantitative estimate of drug-likeness (QED) is 0.776. The van der Waals surface area contributed by atoms with Crippen molar-refractivity contribution in [3.8, 4) is 0 Å². The highest BCUT2D eigenvalue weighted by Crippen LogP contribution is 2.23. The van der Waals surface area contributed by atoms with Crippen molar-refractivity contribution in [1.82, 2.24) is 10.0 Å². The molecule has 0 aliphatic carbocycles. The summed E-state index contributed by atoms with van der Waals surface area (Å²) in [5, 5.41) is 3.27. The van der Waals surface area contributed by atoms with Gasteiger partial charge in [0.05, 0.1) is 10.9 Å². The fraction of sp³-hybridized carbons (Fsp3) is 0.417. The molecule has 2 N–H and O–H groups in total. The van der Waals surface area contributed by atoms with Crippen molar-refractivity contribution < 1.29 is 8.42 Å². The minimum atomic E-state index is -3.41. The van der Waals surface area contributed by atoms with Crippen molar-refractivity contribution in [2.45, 2.75) is 23.8 Å². The minimum Gasteiger partial charge on any atom is -0.315 e. The van der Waals surface area contributed by atoms with E-state index >= 15 is 0 Å². The Kier molecular flexibility index (Phi) is 2.83. The van der Waals surface area contributed by atoms with E-state index in [2.05, 4.69) is 15.0 Å². The molecule has 6 heteroatoms. The lowest BCUT2D eigenvalue weighted by atomic mass is 10.1. The molecule has 0 unspecified atom stereocenters. The molecular formula is C12H15N3O2S. The van der Waals surface area contributed by atoms with Gasteiger partial charge in [-0.25, -0.2) is 8.42 Å². The second kappa shape index (κ2) is 4.37. The third-order valence-electron chi connectivity index (χ3n) is 3.25. The molecule has 0 radical (unpaired) electrons. The number of hydrogen-bond donors (Lipinski definition) is 2. The van der Waals surface area contributed by atoms with Crippen LogP contribution in [0.3, 0.4) is 0 Å². The van der Waals surface area contributed by atoms with Gasteiger partial charge < -0.3 is 5.32 Å². The van der Waals surface area contributed by atoms with Crippen LogP contribution in [0.15, 0.2) is 34.2 Å². The van der Waals surface area contributed by atoms with Crippen molar-refractivity contribution in [2.24, 2.45) is 4.99 Å². The Labute approximate surface area is 106 Å². The molecule has 2 aliphatic rings. The van der Waals surface area contributed by atoms with Gasteiger partial charge >= 0.3 is 0 Å². The minimum absolute atomic E-state index is 0.155. The van der Waals surface area contributed by atoms with Crippen molar-refractivity contribution in [3.63, 3.8) is 0 Å². The maximum Gasteiger partial charge on any atom is 0.263 e. The number of nitrogens with one attached hydrogen (secondary N) is 2. The number of fused-ring (bicyclic) bond motifs is 1. The molecule has 1 aromatic rings. The van der Waals surface area contributed by atoms with E-state index in [0.29, 0.717) is 16.3 Å². The number of hydrogen-bond acceptors (Lipinski definition) is 4. The Morgan fingerprint density at radius 1 is 1.28 bits per heavy atom. The third-order valence-corrected chi connectivity index (χ3v) is 4.64. The average Bonchev–Trinajstić information content (AvgIpc) is 2.63. The van der Waals surface area contributed by atoms with E-state index in [1.807, 2.05) is 6.07 Å². The molecule has 0 aromatic heterocycles. The Morgan fingerprint density at radius 2 is 2.11 bits per heavy atom. The maximum atomic E-state index is 11.9. The van der Waals surface area contributed by atoms with E-state index < -0.39 is 10.0 Å². The average molecular weight is 265 g/mol. The van der Waals surface area contributed by atoms with Crippen LogP contribution in [-0.4, -0.2) is 33.4 Å². The van der Waals surface area contributed by atoms with Gasteiger partial charge in [0.2, 0.25) is 0 Å². The van der Waals surface area contributed by atoms with Crippen LogP contribution in [0.5, 0.6) is 0 Å². The molecule has 2 heterocycles. The van der Waals surface area contributed by atoms with Gasteiger partial charge in [0.15, 0.2) is 0 Å². The van der Waals surface area contributed by atoms with Crippen LogP contribution < -0.4 is 10.0 Å². The van der Waals surface area contributed by atoms with Crippen LogP contribution >= 0.6 is 0 Å². The summed E-state index contributed by atoms with van der Waals surface area (Å²) >= 11 is 0. The summed E-state index contributed by atoms with van der Waals surface area (Å²) in [7, 11) is -3.41. The molecule has 96 valence electrons. The summed E-state index contributed by atoms with van der Waals surface area (Å²) in [5.74, 6) is 0.485. The highest BCUT2D eigenvalue weighted by atomic mass is 32.2. The van der Waals surface area contributed by atoms with Gasteiger partial charge in [-0.3, -0.25) is 9.71 Å². The lowest BCUT2D eigenvalue weighted by Gasteiger charge is -2.19. The van der Waals surface area contributed by atoms with Crippen molar-refractivity contribution in [2.75, 3.05) is 13.1 Å². The zero-order chi connectivity index (χ0) is 12.6. The summed E-state index contributed by atoms with van der Waals surface area (Å²) in [6, 6.07) is 7.11. The number of aliphatic imine (C=N–C) groups is 1. The van der Waals surface area contributed by atoms with E-state index in [-0.39, 0.29) is 6.04 Å². The summed E-state index contributed by atoms with van der Waals surface area (Å²) in [6.07, 6.45) is 2.08. The SMILES string of the molecule is O=S1(=O)NC(=N[C@@H]2CCCNC2)c2ccccc21. The summed E-state index contributed by atoms with van der Waals surface area (Å²) in [5.41, 5.74) is 0.683. The van der Waals surface area contributed by atoms with E-state index in [1.165, 1.54) is 0 Å². The lowest BCUT2D eigenvalue weighted by molar-refractivity contribution is 0.460. The second-order valence-electron chi connectivity index (χ2n) is 4.58. The molecule has 1 atom stereocenters. The number of nitrogens with zero attached hydrogens (tertiary/aromatic N) is 1. The van der Waals surface area contributed by atoms with Gasteiger partial charge in [0, 0.05) is 12.1 Å². The van der Waals surface area contributed by atoms with Crippen molar-refractivity contribution in [3.05, 3.63) is 29.8 Å². The Balaban J connectivity index is 1.98. The molecular weight excluding hydrogens is 250 g/mol. The number of amidine groups is 1. The highest BCUT2D eigenvalue weighted by Gasteiger charge is 2.30. The van der Waals surface area contributed by atoms with E-state index in [9.17, 15) is 8.42 Å². The molecule has 5 nitrogen and oxygen atoms in total. The smallest absolute Gasteiger partial charge is 0.263 e. The predicted molar refractivity (Wildman–Crippen MR) is 69.2 cm³/mol.